The summed E-state index contributed by atoms with van der Waals surface area (Å²) < 4.78 is 4.78. The molecule has 0 fully saturated rings. The summed E-state index contributed by atoms with van der Waals surface area (Å²) >= 11 is 5.82. The van der Waals surface area contributed by atoms with Crippen molar-refractivity contribution in [1.82, 2.24) is 9.97 Å². The SMILES string of the molecule is CCCc1[nH]c(C(=O)OCC)nc1Cl. The van der Waals surface area contributed by atoms with E-state index in [2.05, 4.69) is 9.97 Å². The zero-order valence-corrected chi connectivity index (χ0v) is 9.02. The second kappa shape index (κ2) is 5.00. The predicted octanol–water partition coefficient (Wildman–Crippen LogP) is 2.19. The predicted molar refractivity (Wildman–Crippen MR) is 53.5 cm³/mol. The van der Waals surface area contributed by atoms with Crippen LogP contribution < -0.4 is 0 Å². The Labute approximate surface area is 87.6 Å². The van der Waals surface area contributed by atoms with Crippen molar-refractivity contribution in [3.05, 3.63) is 16.7 Å². The van der Waals surface area contributed by atoms with Crippen molar-refractivity contribution < 1.29 is 9.53 Å². The lowest BCUT2D eigenvalue weighted by Gasteiger charge is -1.96. The highest BCUT2D eigenvalue weighted by Crippen LogP contribution is 2.14. The fourth-order valence-corrected chi connectivity index (χ4v) is 1.33. The molecule has 0 aliphatic carbocycles. The van der Waals surface area contributed by atoms with Gasteiger partial charge in [-0.15, -0.1) is 0 Å². The first-order valence-corrected chi connectivity index (χ1v) is 4.98. The molecule has 1 aromatic heterocycles. The van der Waals surface area contributed by atoms with E-state index in [1.54, 1.807) is 6.92 Å². The quantitative estimate of drug-likeness (QED) is 0.785. The molecule has 0 aliphatic heterocycles. The van der Waals surface area contributed by atoms with Gasteiger partial charge in [0.25, 0.3) is 0 Å². The number of ether oxygens (including phenoxy) is 1. The highest BCUT2D eigenvalue weighted by Gasteiger charge is 2.14. The van der Waals surface area contributed by atoms with E-state index in [1.165, 1.54) is 0 Å². The number of carbonyl (C=O) groups excluding carboxylic acids is 1. The number of halogens is 1. The number of rotatable bonds is 4. The van der Waals surface area contributed by atoms with Crippen molar-refractivity contribution in [2.75, 3.05) is 6.61 Å². The molecule has 0 aliphatic rings. The first-order chi connectivity index (χ1) is 6.69. The van der Waals surface area contributed by atoms with Gasteiger partial charge >= 0.3 is 5.97 Å². The number of carbonyl (C=O) groups is 1. The average Bonchev–Trinajstić information content (AvgIpc) is 2.49. The van der Waals surface area contributed by atoms with E-state index < -0.39 is 5.97 Å². The Hall–Kier alpha value is -1.03. The summed E-state index contributed by atoms with van der Waals surface area (Å²) in [6.45, 7) is 4.11. The maximum absolute atomic E-state index is 11.2. The van der Waals surface area contributed by atoms with Crippen LogP contribution in [0.4, 0.5) is 0 Å². The lowest BCUT2D eigenvalue weighted by molar-refractivity contribution is 0.0513. The normalized spacial score (nSPS) is 10.2. The molecule has 4 nitrogen and oxygen atoms in total. The summed E-state index contributed by atoms with van der Waals surface area (Å²) in [5.41, 5.74) is 0.789. The second-order valence-corrected chi connectivity index (χ2v) is 3.18. The molecule has 0 spiro atoms. The topological polar surface area (TPSA) is 55.0 Å². The number of aromatic amines is 1. The fraction of sp³-hybridized carbons (Fsp3) is 0.556. The zero-order valence-electron chi connectivity index (χ0n) is 8.26. The number of imidazole rings is 1. The van der Waals surface area contributed by atoms with Crippen molar-refractivity contribution in [3.8, 4) is 0 Å². The number of aromatic nitrogens is 2. The van der Waals surface area contributed by atoms with E-state index >= 15 is 0 Å². The summed E-state index contributed by atoms with van der Waals surface area (Å²) in [5.74, 6) is -0.281. The number of H-pyrrole nitrogens is 1. The molecule has 14 heavy (non-hydrogen) atoms. The molecule has 1 aromatic rings. The van der Waals surface area contributed by atoms with Crippen LogP contribution >= 0.6 is 11.6 Å². The van der Waals surface area contributed by atoms with Crippen LogP contribution in [0.25, 0.3) is 0 Å². The number of hydrogen-bond acceptors (Lipinski definition) is 3. The maximum atomic E-state index is 11.2. The largest absolute Gasteiger partial charge is 0.460 e. The molecule has 1 N–H and O–H groups in total. The molecule has 1 heterocycles. The first kappa shape index (κ1) is 11.0. The van der Waals surface area contributed by atoms with Crippen LogP contribution in [0, 0.1) is 0 Å². The van der Waals surface area contributed by atoms with Crippen LogP contribution in [-0.2, 0) is 11.2 Å². The monoisotopic (exact) mass is 216 g/mol. The molecular weight excluding hydrogens is 204 g/mol. The van der Waals surface area contributed by atoms with Crippen LogP contribution in [0.3, 0.4) is 0 Å². The van der Waals surface area contributed by atoms with Gasteiger partial charge in [-0.25, -0.2) is 9.78 Å². The lowest BCUT2D eigenvalue weighted by Crippen LogP contribution is -2.06. The fourth-order valence-electron chi connectivity index (χ4n) is 1.10. The smallest absolute Gasteiger partial charge is 0.374 e. The summed E-state index contributed by atoms with van der Waals surface area (Å²) in [7, 11) is 0. The van der Waals surface area contributed by atoms with E-state index in [-0.39, 0.29) is 5.82 Å². The number of nitrogens with one attached hydrogen (secondary N) is 1. The van der Waals surface area contributed by atoms with Gasteiger partial charge in [0, 0.05) is 0 Å². The van der Waals surface area contributed by atoms with Crippen molar-refractivity contribution in [3.63, 3.8) is 0 Å². The number of esters is 1. The molecule has 0 unspecified atom stereocenters. The van der Waals surface area contributed by atoms with Crippen molar-refractivity contribution in [2.24, 2.45) is 0 Å². The minimum Gasteiger partial charge on any atom is -0.460 e. The average molecular weight is 217 g/mol. The number of nitrogens with zero attached hydrogens (tertiary/aromatic N) is 1. The molecule has 5 heteroatoms. The van der Waals surface area contributed by atoms with Gasteiger partial charge < -0.3 is 9.72 Å². The molecule has 0 aromatic carbocycles. The number of aryl methyl sites for hydroxylation is 1. The highest BCUT2D eigenvalue weighted by molar-refractivity contribution is 6.30. The minimum absolute atomic E-state index is 0.181. The molecule has 0 saturated heterocycles. The van der Waals surface area contributed by atoms with Gasteiger partial charge in [-0.2, -0.15) is 0 Å². The molecule has 78 valence electrons. The van der Waals surface area contributed by atoms with Gasteiger partial charge in [0.2, 0.25) is 5.82 Å². The molecule has 0 bridgehead atoms. The molecular formula is C9H13ClN2O2. The van der Waals surface area contributed by atoms with Crippen molar-refractivity contribution >= 4 is 17.6 Å². The summed E-state index contributed by atoms with van der Waals surface area (Å²) in [6, 6.07) is 0. The van der Waals surface area contributed by atoms with Gasteiger partial charge in [-0.3, -0.25) is 0 Å². The molecule has 0 amide bonds. The van der Waals surface area contributed by atoms with E-state index in [9.17, 15) is 4.79 Å². The van der Waals surface area contributed by atoms with Crippen molar-refractivity contribution in [1.29, 1.82) is 0 Å². The molecule has 0 saturated carbocycles. The van der Waals surface area contributed by atoms with E-state index in [1.807, 2.05) is 6.92 Å². The van der Waals surface area contributed by atoms with Gasteiger partial charge in [-0.1, -0.05) is 24.9 Å². The van der Waals surface area contributed by atoms with Crippen molar-refractivity contribution in [2.45, 2.75) is 26.7 Å². The summed E-state index contributed by atoms with van der Waals surface area (Å²) in [6.07, 6.45) is 1.73. The maximum Gasteiger partial charge on any atom is 0.374 e. The van der Waals surface area contributed by atoms with Gasteiger partial charge in [0.15, 0.2) is 5.15 Å². The molecule has 1 rings (SSSR count). The Bertz CT molecular complexity index is 323. The summed E-state index contributed by atoms with van der Waals surface area (Å²) in [5, 5.41) is 0.356. The third-order valence-corrected chi connectivity index (χ3v) is 2.01. The molecule has 0 atom stereocenters. The highest BCUT2D eigenvalue weighted by atomic mass is 35.5. The first-order valence-electron chi connectivity index (χ1n) is 4.60. The van der Waals surface area contributed by atoms with Crippen LogP contribution in [0.2, 0.25) is 5.15 Å². The van der Waals surface area contributed by atoms with Crippen LogP contribution in [0.5, 0.6) is 0 Å². The standard InChI is InChI=1S/C9H13ClN2O2/c1-3-5-6-7(10)12-8(11-6)9(13)14-4-2/h3-5H2,1-2H3,(H,11,12). The lowest BCUT2D eigenvalue weighted by atomic mass is 10.3. The van der Waals surface area contributed by atoms with E-state index in [4.69, 9.17) is 16.3 Å². The minimum atomic E-state index is -0.461. The van der Waals surface area contributed by atoms with Crippen LogP contribution in [0.1, 0.15) is 36.6 Å². The Morgan fingerprint density at radius 1 is 1.57 bits per heavy atom. The summed E-state index contributed by atoms with van der Waals surface area (Å²) in [4.78, 5) is 18.0. The second-order valence-electron chi connectivity index (χ2n) is 2.83. The Morgan fingerprint density at radius 2 is 2.29 bits per heavy atom. The van der Waals surface area contributed by atoms with Gasteiger partial charge in [0.05, 0.1) is 12.3 Å². The van der Waals surface area contributed by atoms with Crippen LogP contribution in [-0.4, -0.2) is 22.5 Å². The van der Waals surface area contributed by atoms with E-state index in [0.29, 0.717) is 11.8 Å². The Balaban J connectivity index is 2.79. The Kier molecular flexibility index (Phi) is 3.95. The van der Waals surface area contributed by atoms with Gasteiger partial charge in [-0.05, 0) is 13.3 Å². The van der Waals surface area contributed by atoms with Crippen LogP contribution in [0.15, 0.2) is 0 Å². The van der Waals surface area contributed by atoms with E-state index in [0.717, 1.165) is 18.5 Å². The van der Waals surface area contributed by atoms with Gasteiger partial charge in [0.1, 0.15) is 0 Å². The zero-order chi connectivity index (χ0) is 10.6. The third kappa shape index (κ3) is 2.48. The number of hydrogen-bond donors (Lipinski definition) is 1. The third-order valence-electron chi connectivity index (χ3n) is 1.70. The molecule has 0 radical (unpaired) electrons. The Morgan fingerprint density at radius 3 is 2.86 bits per heavy atom.